The molecule has 1 aliphatic rings. The Morgan fingerprint density at radius 2 is 1.95 bits per heavy atom. The van der Waals surface area contributed by atoms with E-state index in [0.29, 0.717) is 12.1 Å². The first-order valence-electron chi connectivity index (χ1n) is 8.23. The molecule has 0 aromatic heterocycles. The zero-order valence-corrected chi connectivity index (χ0v) is 14.0. The number of piperazine rings is 1. The van der Waals surface area contributed by atoms with Gasteiger partial charge in [-0.1, -0.05) is 44.2 Å². The fourth-order valence-electron chi connectivity index (χ4n) is 3.19. The third-order valence-electron chi connectivity index (χ3n) is 4.27. The minimum atomic E-state index is 0.509. The Labute approximate surface area is 130 Å². The van der Waals surface area contributed by atoms with E-state index in [1.807, 2.05) is 0 Å². The second kappa shape index (κ2) is 7.92. The highest BCUT2D eigenvalue weighted by molar-refractivity contribution is 5.20. The van der Waals surface area contributed by atoms with Gasteiger partial charge in [-0.2, -0.15) is 0 Å². The van der Waals surface area contributed by atoms with Gasteiger partial charge in [-0.25, -0.2) is 0 Å². The minimum Gasteiger partial charge on any atom is -0.311 e. The molecule has 21 heavy (non-hydrogen) atoms. The molecule has 2 unspecified atom stereocenters. The first-order chi connectivity index (χ1) is 10.1. The van der Waals surface area contributed by atoms with E-state index < -0.39 is 0 Å². The lowest BCUT2D eigenvalue weighted by atomic mass is 9.96. The average Bonchev–Trinajstić information content (AvgIpc) is 2.45. The van der Waals surface area contributed by atoms with Gasteiger partial charge in [-0.05, 0) is 32.0 Å². The van der Waals surface area contributed by atoms with Crippen LogP contribution in [0.5, 0.6) is 0 Å². The summed E-state index contributed by atoms with van der Waals surface area (Å²) in [7, 11) is 4.32. The number of likely N-dealkylation sites (N-methyl/N-ethyl adjacent to an activating group) is 1. The van der Waals surface area contributed by atoms with Gasteiger partial charge in [0.25, 0.3) is 0 Å². The van der Waals surface area contributed by atoms with Crippen molar-refractivity contribution in [1.82, 2.24) is 15.1 Å². The molecule has 0 amide bonds. The van der Waals surface area contributed by atoms with Crippen LogP contribution in [0.15, 0.2) is 30.3 Å². The molecule has 1 N–H and O–H groups in total. The van der Waals surface area contributed by atoms with E-state index in [-0.39, 0.29) is 0 Å². The number of hydrogen-bond acceptors (Lipinski definition) is 3. The van der Waals surface area contributed by atoms with Crippen molar-refractivity contribution in [2.75, 3.05) is 40.3 Å². The maximum absolute atomic E-state index is 3.76. The molecule has 118 valence electrons. The number of nitrogens with zero attached hydrogens (tertiary/aromatic N) is 2. The van der Waals surface area contributed by atoms with E-state index in [1.165, 1.54) is 12.0 Å². The molecule has 1 aliphatic heterocycles. The highest BCUT2D eigenvalue weighted by atomic mass is 15.2. The summed E-state index contributed by atoms with van der Waals surface area (Å²) in [6, 6.07) is 12.1. The fraction of sp³-hybridized carbons (Fsp3) is 0.667. The van der Waals surface area contributed by atoms with Gasteiger partial charge in [0.15, 0.2) is 0 Å². The quantitative estimate of drug-likeness (QED) is 0.868. The van der Waals surface area contributed by atoms with Crippen LogP contribution < -0.4 is 5.32 Å². The van der Waals surface area contributed by atoms with Crippen LogP contribution in [0.1, 0.15) is 31.9 Å². The molecule has 0 bridgehead atoms. The van der Waals surface area contributed by atoms with E-state index in [1.54, 1.807) is 0 Å². The van der Waals surface area contributed by atoms with E-state index in [9.17, 15) is 0 Å². The molecule has 0 radical (unpaired) electrons. The monoisotopic (exact) mass is 289 g/mol. The van der Waals surface area contributed by atoms with E-state index in [0.717, 1.165) is 32.1 Å². The van der Waals surface area contributed by atoms with Crippen LogP contribution >= 0.6 is 0 Å². The molecule has 2 rings (SSSR count). The minimum absolute atomic E-state index is 0.509. The lowest BCUT2D eigenvalue weighted by Crippen LogP contribution is -2.53. The van der Waals surface area contributed by atoms with Crippen molar-refractivity contribution in [2.45, 2.75) is 32.4 Å². The number of rotatable bonds is 6. The van der Waals surface area contributed by atoms with Gasteiger partial charge < -0.3 is 10.2 Å². The molecule has 0 spiro atoms. The molecule has 1 heterocycles. The molecule has 1 fully saturated rings. The van der Waals surface area contributed by atoms with E-state index in [4.69, 9.17) is 0 Å². The topological polar surface area (TPSA) is 18.5 Å². The van der Waals surface area contributed by atoms with Gasteiger partial charge in [-0.3, -0.25) is 4.90 Å². The van der Waals surface area contributed by atoms with E-state index >= 15 is 0 Å². The summed E-state index contributed by atoms with van der Waals surface area (Å²) < 4.78 is 0. The van der Waals surface area contributed by atoms with Gasteiger partial charge in [0, 0.05) is 38.3 Å². The van der Waals surface area contributed by atoms with Crippen molar-refractivity contribution in [3.63, 3.8) is 0 Å². The lowest BCUT2D eigenvalue weighted by Gasteiger charge is -2.41. The van der Waals surface area contributed by atoms with Crippen molar-refractivity contribution >= 4 is 0 Å². The molecular formula is C18H31N3. The zero-order valence-electron chi connectivity index (χ0n) is 14.0. The summed E-state index contributed by atoms with van der Waals surface area (Å²) in [5.74, 6) is 0.756. The molecule has 0 aliphatic carbocycles. The van der Waals surface area contributed by atoms with Crippen molar-refractivity contribution in [2.24, 2.45) is 5.92 Å². The smallest absolute Gasteiger partial charge is 0.0473 e. The molecular weight excluding hydrogens is 258 g/mol. The normalized spacial score (nSPS) is 23.9. The maximum atomic E-state index is 3.76. The van der Waals surface area contributed by atoms with Crippen LogP contribution in [-0.4, -0.2) is 56.1 Å². The molecule has 0 saturated carbocycles. The van der Waals surface area contributed by atoms with Crippen molar-refractivity contribution in [3.8, 4) is 0 Å². The van der Waals surface area contributed by atoms with Gasteiger partial charge in [0.1, 0.15) is 0 Å². The SMILES string of the molecule is CC(C)CC1CN(CCN(C)C)C(c2ccccc2)CN1. The third kappa shape index (κ3) is 5.10. The molecule has 1 aromatic rings. The van der Waals surface area contributed by atoms with Crippen LogP contribution in [0.4, 0.5) is 0 Å². The fourth-order valence-corrected chi connectivity index (χ4v) is 3.19. The largest absolute Gasteiger partial charge is 0.311 e. The Bertz CT molecular complexity index is 402. The Balaban J connectivity index is 2.04. The predicted molar refractivity (Wildman–Crippen MR) is 90.6 cm³/mol. The standard InChI is InChI=1S/C18H31N3/c1-15(2)12-17-14-21(11-10-20(3)4)18(13-19-17)16-8-6-5-7-9-16/h5-9,15,17-19H,10-14H2,1-4H3. The first kappa shape index (κ1) is 16.5. The maximum Gasteiger partial charge on any atom is 0.0473 e. The van der Waals surface area contributed by atoms with Crippen LogP contribution in [-0.2, 0) is 0 Å². The third-order valence-corrected chi connectivity index (χ3v) is 4.27. The van der Waals surface area contributed by atoms with Crippen LogP contribution in [0, 0.1) is 5.92 Å². The summed E-state index contributed by atoms with van der Waals surface area (Å²) in [6.45, 7) is 9.12. The predicted octanol–water partition coefficient (Wildman–Crippen LogP) is 2.61. The molecule has 2 atom stereocenters. The highest BCUT2D eigenvalue weighted by Crippen LogP contribution is 2.24. The average molecular weight is 289 g/mol. The molecule has 3 heteroatoms. The number of hydrogen-bond donors (Lipinski definition) is 1. The lowest BCUT2D eigenvalue weighted by molar-refractivity contribution is 0.113. The number of benzene rings is 1. The van der Waals surface area contributed by atoms with Crippen LogP contribution in [0.25, 0.3) is 0 Å². The van der Waals surface area contributed by atoms with Crippen LogP contribution in [0.2, 0.25) is 0 Å². The van der Waals surface area contributed by atoms with Crippen LogP contribution in [0.3, 0.4) is 0 Å². The summed E-state index contributed by atoms with van der Waals surface area (Å²) in [4.78, 5) is 4.94. The van der Waals surface area contributed by atoms with Crippen molar-refractivity contribution in [1.29, 1.82) is 0 Å². The summed E-state index contributed by atoms with van der Waals surface area (Å²) in [6.07, 6.45) is 1.26. The van der Waals surface area contributed by atoms with Gasteiger partial charge in [-0.15, -0.1) is 0 Å². The Morgan fingerprint density at radius 1 is 1.24 bits per heavy atom. The second-order valence-electron chi connectivity index (χ2n) is 6.96. The Kier molecular flexibility index (Phi) is 6.22. The second-order valence-corrected chi connectivity index (χ2v) is 6.96. The van der Waals surface area contributed by atoms with Crippen molar-refractivity contribution < 1.29 is 0 Å². The number of nitrogens with one attached hydrogen (secondary N) is 1. The van der Waals surface area contributed by atoms with Gasteiger partial charge in [0.2, 0.25) is 0 Å². The van der Waals surface area contributed by atoms with Crippen molar-refractivity contribution in [3.05, 3.63) is 35.9 Å². The van der Waals surface area contributed by atoms with Gasteiger partial charge >= 0.3 is 0 Å². The summed E-state index contributed by atoms with van der Waals surface area (Å²) in [5.41, 5.74) is 1.44. The molecule has 1 aromatic carbocycles. The molecule has 3 nitrogen and oxygen atoms in total. The zero-order chi connectivity index (χ0) is 15.2. The Morgan fingerprint density at radius 3 is 2.57 bits per heavy atom. The van der Waals surface area contributed by atoms with E-state index in [2.05, 4.69) is 73.4 Å². The van der Waals surface area contributed by atoms with Gasteiger partial charge in [0.05, 0.1) is 0 Å². The summed E-state index contributed by atoms with van der Waals surface area (Å²) in [5, 5.41) is 3.76. The molecule has 1 saturated heterocycles. The highest BCUT2D eigenvalue weighted by Gasteiger charge is 2.28. The first-order valence-corrected chi connectivity index (χ1v) is 8.23. The summed E-state index contributed by atoms with van der Waals surface area (Å²) >= 11 is 0. The Hall–Kier alpha value is -0.900.